The molecule has 12 nitrogen and oxygen atoms in total. The van der Waals surface area contributed by atoms with Crippen molar-refractivity contribution in [2.24, 2.45) is 0 Å². The van der Waals surface area contributed by atoms with E-state index in [-0.39, 0.29) is 55.4 Å². The molecule has 3 N–H and O–H groups in total. The van der Waals surface area contributed by atoms with Crippen molar-refractivity contribution in [1.29, 1.82) is 0 Å². The van der Waals surface area contributed by atoms with Gasteiger partial charge in [-0.3, -0.25) is 14.3 Å². The standard InChI is InChI=1S/C21H22F2N3O9P/c22-15-7-13(26-9-14(35-21(26)29)11-33-18-3-6-34-24-18)8-16(23)19(15)12-1-4-25(5-2-12)20(28)17(10-27)36(30,31)32/h1,3,6-8,14,17,27H,2,4-5,9-11H2,(H2,30,31,32)/t14-,17+/m1/s1. The van der Waals surface area contributed by atoms with Crippen LogP contribution in [0.15, 0.2) is 35.1 Å². The molecule has 1 aromatic carbocycles. The van der Waals surface area contributed by atoms with Gasteiger partial charge in [0, 0.05) is 24.7 Å². The summed E-state index contributed by atoms with van der Waals surface area (Å²) in [4.78, 5) is 45.2. The summed E-state index contributed by atoms with van der Waals surface area (Å²) in [7, 11) is -4.87. The van der Waals surface area contributed by atoms with E-state index in [9.17, 15) is 37.8 Å². The van der Waals surface area contributed by atoms with E-state index in [4.69, 9.17) is 9.47 Å². The van der Waals surface area contributed by atoms with Gasteiger partial charge in [-0.2, -0.15) is 0 Å². The fraction of sp³-hybridized carbons (Fsp3) is 0.381. The molecule has 0 radical (unpaired) electrons. The summed E-state index contributed by atoms with van der Waals surface area (Å²) in [5, 5.41) is 12.8. The van der Waals surface area contributed by atoms with Gasteiger partial charge in [0.25, 0.3) is 5.88 Å². The number of cyclic esters (lactones) is 1. The normalized spacial score (nSPS) is 19.2. The molecule has 15 heteroatoms. The van der Waals surface area contributed by atoms with E-state index in [2.05, 4.69) is 9.68 Å². The molecule has 36 heavy (non-hydrogen) atoms. The highest BCUT2D eigenvalue weighted by molar-refractivity contribution is 7.53. The number of anilines is 1. The molecular formula is C21H22F2N3O9P. The SMILES string of the molecule is O=C([C@H](CO)P(=O)(O)O)N1CC=C(c2c(F)cc(N3C[C@H](COc4ccon4)OC3=O)cc2F)CC1. The lowest BCUT2D eigenvalue weighted by Gasteiger charge is -2.30. The number of hydrogen-bond acceptors (Lipinski definition) is 8. The first-order valence-corrected chi connectivity index (χ1v) is 12.4. The number of carbonyl (C=O) groups is 2. The van der Waals surface area contributed by atoms with Crippen LogP contribution in [0.2, 0.25) is 0 Å². The number of carbonyl (C=O) groups excluding carboxylic acids is 2. The third-order valence-electron chi connectivity index (χ3n) is 5.75. The number of rotatable bonds is 8. The minimum Gasteiger partial charge on any atom is -0.471 e. The number of hydrogen-bond donors (Lipinski definition) is 3. The van der Waals surface area contributed by atoms with Crippen molar-refractivity contribution >= 4 is 30.9 Å². The number of halogens is 2. The molecule has 0 aliphatic carbocycles. The van der Waals surface area contributed by atoms with Crippen molar-refractivity contribution in [1.82, 2.24) is 10.1 Å². The topological polar surface area (TPSA) is 163 Å². The van der Waals surface area contributed by atoms with E-state index in [0.717, 1.165) is 21.9 Å². The van der Waals surface area contributed by atoms with Crippen LogP contribution in [-0.4, -0.2) is 81.6 Å². The van der Waals surface area contributed by atoms with Crippen molar-refractivity contribution in [2.75, 3.05) is 37.7 Å². The lowest BCUT2D eigenvalue weighted by atomic mass is 9.97. The van der Waals surface area contributed by atoms with Crippen molar-refractivity contribution in [2.45, 2.75) is 18.2 Å². The number of nitrogens with zero attached hydrogens (tertiary/aromatic N) is 3. The Kier molecular flexibility index (Phi) is 7.41. The van der Waals surface area contributed by atoms with Crippen molar-refractivity contribution in [3.8, 4) is 5.88 Å². The van der Waals surface area contributed by atoms with Gasteiger partial charge in [0.15, 0.2) is 11.8 Å². The summed E-state index contributed by atoms with van der Waals surface area (Å²) in [5.74, 6) is -2.63. The highest BCUT2D eigenvalue weighted by atomic mass is 31.2. The van der Waals surface area contributed by atoms with E-state index < -0.39 is 49.6 Å². The maximum atomic E-state index is 15.0. The van der Waals surface area contributed by atoms with Gasteiger partial charge in [-0.15, -0.1) is 0 Å². The van der Waals surface area contributed by atoms with Crippen LogP contribution in [0.5, 0.6) is 5.88 Å². The first-order valence-electron chi connectivity index (χ1n) is 10.7. The van der Waals surface area contributed by atoms with E-state index in [1.54, 1.807) is 0 Å². The zero-order chi connectivity index (χ0) is 26.0. The van der Waals surface area contributed by atoms with Gasteiger partial charge in [0.05, 0.1) is 18.8 Å². The predicted octanol–water partition coefficient (Wildman–Crippen LogP) is 1.51. The molecule has 1 fully saturated rings. The minimum atomic E-state index is -4.87. The second kappa shape index (κ2) is 10.3. The third-order valence-corrected chi connectivity index (χ3v) is 6.95. The van der Waals surface area contributed by atoms with Crippen LogP contribution in [0.1, 0.15) is 12.0 Å². The number of benzene rings is 1. The fourth-order valence-corrected chi connectivity index (χ4v) is 4.59. The fourth-order valence-electron chi connectivity index (χ4n) is 3.93. The van der Waals surface area contributed by atoms with E-state index in [1.165, 1.54) is 18.4 Å². The van der Waals surface area contributed by atoms with Crippen molar-refractivity contribution in [3.63, 3.8) is 0 Å². The second-order valence-electron chi connectivity index (χ2n) is 8.10. The molecule has 194 valence electrons. The third kappa shape index (κ3) is 5.41. The lowest BCUT2D eigenvalue weighted by molar-refractivity contribution is -0.131. The first kappa shape index (κ1) is 25.8. The average molecular weight is 529 g/mol. The number of amides is 2. The zero-order valence-electron chi connectivity index (χ0n) is 18.6. The zero-order valence-corrected chi connectivity index (χ0v) is 19.5. The van der Waals surface area contributed by atoms with Crippen molar-refractivity contribution in [3.05, 3.63) is 47.7 Å². The Morgan fingerprint density at radius 1 is 1.31 bits per heavy atom. The van der Waals surface area contributed by atoms with Gasteiger partial charge in [-0.1, -0.05) is 6.08 Å². The highest BCUT2D eigenvalue weighted by Gasteiger charge is 2.39. The van der Waals surface area contributed by atoms with Gasteiger partial charge >= 0.3 is 13.7 Å². The van der Waals surface area contributed by atoms with Gasteiger partial charge in [0.2, 0.25) is 5.91 Å². The van der Waals surface area contributed by atoms with Crippen molar-refractivity contribution < 1.29 is 51.8 Å². The van der Waals surface area contributed by atoms with E-state index in [1.807, 2.05) is 0 Å². The molecule has 2 aromatic rings. The molecule has 2 aliphatic rings. The number of aliphatic hydroxyl groups excluding tert-OH is 1. The summed E-state index contributed by atoms with van der Waals surface area (Å²) in [6.07, 6.45) is 1.18. The van der Waals surface area contributed by atoms with Gasteiger partial charge in [-0.05, 0) is 29.3 Å². The smallest absolute Gasteiger partial charge is 0.414 e. The summed E-state index contributed by atoms with van der Waals surface area (Å²) < 4.78 is 56.5. The molecule has 0 unspecified atom stereocenters. The summed E-state index contributed by atoms with van der Waals surface area (Å²) in [6.45, 7) is -1.31. The minimum absolute atomic E-state index is 0.00541. The van der Waals surface area contributed by atoms with Crippen LogP contribution in [0.3, 0.4) is 0 Å². The lowest BCUT2D eigenvalue weighted by Crippen LogP contribution is -2.42. The summed E-state index contributed by atoms with van der Waals surface area (Å²) in [6, 6.07) is 3.46. The first-order chi connectivity index (χ1) is 17.1. The predicted molar refractivity (Wildman–Crippen MR) is 118 cm³/mol. The molecular weight excluding hydrogens is 507 g/mol. The molecule has 0 saturated carbocycles. The number of aliphatic hydroxyl groups is 1. The number of aromatic nitrogens is 1. The Bertz CT molecular complexity index is 1190. The maximum absolute atomic E-state index is 15.0. The molecule has 3 heterocycles. The Labute approximate surface area is 202 Å². The summed E-state index contributed by atoms with van der Waals surface area (Å²) >= 11 is 0. The van der Waals surface area contributed by atoms with Gasteiger partial charge in [-0.25, -0.2) is 13.6 Å². The van der Waals surface area contributed by atoms with E-state index >= 15 is 0 Å². The molecule has 4 rings (SSSR count). The van der Waals surface area contributed by atoms with Crippen LogP contribution in [0.25, 0.3) is 5.57 Å². The molecule has 2 aliphatic heterocycles. The second-order valence-corrected chi connectivity index (χ2v) is 9.90. The highest BCUT2D eigenvalue weighted by Crippen LogP contribution is 2.42. The average Bonchev–Trinajstić information content (AvgIpc) is 3.46. The molecule has 2 amide bonds. The van der Waals surface area contributed by atoms with Crippen LogP contribution in [-0.2, 0) is 14.1 Å². The molecule has 0 spiro atoms. The monoisotopic (exact) mass is 529 g/mol. The van der Waals surface area contributed by atoms with Crippen LogP contribution in [0.4, 0.5) is 19.3 Å². The number of ether oxygens (including phenoxy) is 2. The van der Waals surface area contributed by atoms with Gasteiger partial charge < -0.3 is 33.8 Å². The van der Waals surface area contributed by atoms with Crippen LogP contribution >= 0.6 is 7.60 Å². The maximum Gasteiger partial charge on any atom is 0.414 e. The quantitative estimate of drug-likeness (QED) is 0.427. The van der Waals surface area contributed by atoms with Gasteiger partial charge in [0.1, 0.15) is 24.5 Å². The molecule has 1 aromatic heterocycles. The largest absolute Gasteiger partial charge is 0.471 e. The Balaban J connectivity index is 1.45. The Morgan fingerprint density at radius 2 is 2.03 bits per heavy atom. The Morgan fingerprint density at radius 3 is 2.58 bits per heavy atom. The summed E-state index contributed by atoms with van der Waals surface area (Å²) in [5.41, 5.74) is -2.04. The van der Waals surface area contributed by atoms with E-state index in [0.29, 0.717) is 0 Å². The van der Waals surface area contributed by atoms with Crippen LogP contribution < -0.4 is 9.64 Å². The molecule has 2 atom stereocenters. The molecule has 0 bridgehead atoms. The molecule has 1 saturated heterocycles. The Hall–Kier alpha value is -3.32. The van der Waals surface area contributed by atoms with Crippen LogP contribution in [0, 0.1) is 11.6 Å².